The predicted molar refractivity (Wildman–Crippen MR) is 92.1 cm³/mol. The van der Waals surface area contributed by atoms with E-state index in [-0.39, 0.29) is 5.75 Å². The summed E-state index contributed by atoms with van der Waals surface area (Å²) in [6.07, 6.45) is 6.24. The van der Waals surface area contributed by atoms with Crippen molar-refractivity contribution in [2.75, 3.05) is 39.3 Å². The highest BCUT2D eigenvalue weighted by molar-refractivity contribution is 5.50. The molecular formula is C18H29N3O. The minimum Gasteiger partial charge on any atom is -0.506 e. The third-order valence-electron chi connectivity index (χ3n) is 4.47. The second-order valence-corrected chi connectivity index (χ2v) is 6.00. The summed E-state index contributed by atoms with van der Waals surface area (Å²) in [6.45, 7) is 13.2. The monoisotopic (exact) mass is 303 g/mol. The van der Waals surface area contributed by atoms with Crippen LogP contribution >= 0.6 is 0 Å². The van der Waals surface area contributed by atoms with E-state index in [1.807, 2.05) is 6.07 Å². The first kappa shape index (κ1) is 17.0. The smallest absolute Gasteiger partial charge is 0.141 e. The Hall–Kier alpha value is -1.39. The zero-order chi connectivity index (χ0) is 15.8. The molecule has 0 unspecified atom stereocenters. The molecule has 4 nitrogen and oxygen atoms in total. The number of likely N-dealkylation sites (N-methyl/N-ethyl adjacent to an activating group) is 1. The summed E-state index contributed by atoms with van der Waals surface area (Å²) in [5.41, 5.74) is 1.63. The maximum atomic E-state index is 9.58. The van der Waals surface area contributed by atoms with E-state index in [1.54, 1.807) is 12.1 Å². The van der Waals surface area contributed by atoms with Gasteiger partial charge in [0, 0.05) is 31.9 Å². The Balaban J connectivity index is 1.60. The first-order valence-electron chi connectivity index (χ1n) is 8.49. The number of aromatic nitrogens is 1. The number of nitrogens with zero attached hydrogens (tertiary/aromatic N) is 3. The maximum Gasteiger partial charge on any atom is 0.141 e. The molecule has 0 atom stereocenters. The highest BCUT2D eigenvalue weighted by Crippen LogP contribution is 2.17. The van der Waals surface area contributed by atoms with Gasteiger partial charge in [-0.3, -0.25) is 0 Å². The molecule has 0 spiro atoms. The van der Waals surface area contributed by atoms with E-state index < -0.39 is 0 Å². The summed E-state index contributed by atoms with van der Waals surface area (Å²) in [5, 5.41) is 9.58. The molecule has 1 N–H and O–H groups in total. The number of rotatable bonds is 8. The summed E-state index contributed by atoms with van der Waals surface area (Å²) < 4.78 is 0. The second-order valence-electron chi connectivity index (χ2n) is 6.00. The number of aromatic hydroxyl groups is 1. The van der Waals surface area contributed by atoms with Crippen molar-refractivity contribution in [2.24, 2.45) is 0 Å². The highest BCUT2D eigenvalue weighted by atomic mass is 16.3. The molecule has 1 aliphatic rings. The fourth-order valence-electron chi connectivity index (χ4n) is 2.95. The molecule has 1 aromatic heterocycles. The lowest BCUT2D eigenvalue weighted by Gasteiger charge is -2.33. The van der Waals surface area contributed by atoms with E-state index in [2.05, 4.69) is 28.3 Å². The van der Waals surface area contributed by atoms with Crippen molar-refractivity contribution in [3.63, 3.8) is 0 Å². The zero-order valence-corrected chi connectivity index (χ0v) is 13.8. The van der Waals surface area contributed by atoms with Crippen molar-refractivity contribution in [1.82, 2.24) is 14.8 Å². The van der Waals surface area contributed by atoms with Crippen molar-refractivity contribution in [3.05, 3.63) is 30.1 Å². The van der Waals surface area contributed by atoms with Crippen LogP contribution in [0, 0.1) is 0 Å². The molecule has 0 saturated carbocycles. The summed E-state index contributed by atoms with van der Waals surface area (Å²) in [5.74, 6) is 0.213. The van der Waals surface area contributed by atoms with Crippen LogP contribution in [-0.4, -0.2) is 59.2 Å². The highest BCUT2D eigenvalue weighted by Gasteiger charge is 2.14. The van der Waals surface area contributed by atoms with Crippen molar-refractivity contribution >= 4 is 6.08 Å². The maximum absolute atomic E-state index is 9.58. The van der Waals surface area contributed by atoms with Crippen LogP contribution in [0.25, 0.3) is 6.08 Å². The van der Waals surface area contributed by atoms with E-state index in [9.17, 15) is 5.11 Å². The molecule has 22 heavy (non-hydrogen) atoms. The van der Waals surface area contributed by atoms with Gasteiger partial charge in [0.1, 0.15) is 11.4 Å². The number of pyridine rings is 1. The minimum atomic E-state index is 0.213. The summed E-state index contributed by atoms with van der Waals surface area (Å²) >= 11 is 0. The fourth-order valence-corrected chi connectivity index (χ4v) is 2.95. The Morgan fingerprint density at radius 3 is 2.55 bits per heavy atom. The van der Waals surface area contributed by atoms with E-state index in [0.717, 1.165) is 18.5 Å². The van der Waals surface area contributed by atoms with Crippen molar-refractivity contribution < 1.29 is 5.11 Å². The van der Waals surface area contributed by atoms with Crippen molar-refractivity contribution in [2.45, 2.75) is 32.6 Å². The standard InChI is InChI=1S/C18H29N3O/c1-3-17-18(22)10-9-16(19-17)8-6-5-7-11-21-14-12-20(4-2)13-15-21/h3,9-10,22H,1,4-8,11-15H2,2H3. The van der Waals surface area contributed by atoms with Crippen LogP contribution < -0.4 is 0 Å². The number of piperazine rings is 1. The summed E-state index contributed by atoms with van der Waals surface area (Å²) in [7, 11) is 0. The Labute approximate surface area is 134 Å². The summed E-state index contributed by atoms with van der Waals surface area (Å²) in [4.78, 5) is 9.51. The van der Waals surface area contributed by atoms with Crippen LogP contribution in [0.3, 0.4) is 0 Å². The molecule has 1 aliphatic heterocycles. The quantitative estimate of drug-likeness (QED) is 0.750. The van der Waals surface area contributed by atoms with Gasteiger partial charge in [0.15, 0.2) is 0 Å². The molecule has 0 bridgehead atoms. The lowest BCUT2D eigenvalue weighted by molar-refractivity contribution is 0.135. The molecular weight excluding hydrogens is 274 g/mol. The average molecular weight is 303 g/mol. The van der Waals surface area contributed by atoms with Gasteiger partial charge < -0.3 is 14.9 Å². The first-order chi connectivity index (χ1) is 10.7. The first-order valence-corrected chi connectivity index (χ1v) is 8.49. The van der Waals surface area contributed by atoms with Crippen LogP contribution in [0.15, 0.2) is 18.7 Å². The third kappa shape index (κ3) is 5.11. The van der Waals surface area contributed by atoms with Gasteiger partial charge in [-0.25, -0.2) is 4.98 Å². The van der Waals surface area contributed by atoms with E-state index in [4.69, 9.17) is 0 Å². The molecule has 0 aromatic carbocycles. The minimum absolute atomic E-state index is 0.213. The topological polar surface area (TPSA) is 39.6 Å². The zero-order valence-electron chi connectivity index (χ0n) is 13.8. The third-order valence-corrected chi connectivity index (χ3v) is 4.47. The molecule has 0 aliphatic carbocycles. The summed E-state index contributed by atoms with van der Waals surface area (Å²) in [6, 6.07) is 3.62. The largest absolute Gasteiger partial charge is 0.506 e. The second kappa shape index (κ2) is 8.91. The predicted octanol–water partition coefficient (Wildman–Crippen LogP) is 2.78. The molecule has 0 amide bonds. The number of unbranched alkanes of at least 4 members (excludes halogenated alkanes) is 2. The fraction of sp³-hybridized carbons (Fsp3) is 0.611. The van der Waals surface area contributed by atoms with Crippen LogP contribution in [0.1, 0.15) is 37.6 Å². The van der Waals surface area contributed by atoms with Crippen molar-refractivity contribution in [1.29, 1.82) is 0 Å². The molecule has 0 radical (unpaired) electrons. The molecule has 1 saturated heterocycles. The van der Waals surface area contributed by atoms with Gasteiger partial charge in [-0.15, -0.1) is 0 Å². The molecule has 1 fully saturated rings. The number of aryl methyl sites for hydroxylation is 1. The van der Waals surface area contributed by atoms with Gasteiger partial charge in [0.25, 0.3) is 0 Å². The van der Waals surface area contributed by atoms with Gasteiger partial charge in [-0.1, -0.05) is 19.9 Å². The Bertz CT molecular complexity index is 467. The number of hydrogen-bond acceptors (Lipinski definition) is 4. The molecule has 1 aromatic rings. The Morgan fingerprint density at radius 2 is 1.86 bits per heavy atom. The number of hydrogen-bond donors (Lipinski definition) is 1. The Kier molecular flexibility index (Phi) is 6.87. The van der Waals surface area contributed by atoms with Crippen LogP contribution in [-0.2, 0) is 6.42 Å². The van der Waals surface area contributed by atoms with Gasteiger partial charge in [-0.05, 0) is 50.6 Å². The van der Waals surface area contributed by atoms with Gasteiger partial charge >= 0.3 is 0 Å². The van der Waals surface area contributed by atoms with Gasteiger partial charge in [0.05, 0.1) is 0 Å². The van der Waals surface area contributed by atoms with E-state index >= 15 is 0 Å². The lowest BCUT2D eigenvalue weighted by Crippen LogP contribution is -2.46. The Morgan fingerprint density at radius 1 is 1.14 bits per heavy atom. The van der Waals surface area contributed by atoms with E-state index in [0.29, 0.717) is 5.69 Å². The average Bonchev–Trinajstić information content (AvgIpc) is 2.56. The normalized spacial score (nSPS) is 16.8. The molecule has 2 rings (SSSR count). The molecule has 122 valence electrons. The van der Waals surface area contributed by atoms with Gasteiger partial charge in [0.2, 0.25) is 0 Å². The van der Waals surface area contributed by atoms with Crippen LogP contribution in [0.5, 0.6) is 5.75 Å². The van der Waals surface area contributed by atoms with Gasteiger partial charge in [-0.2, -0.15) is 0 Å². The van der Waals surface area contributed by atoms with E-state index in [1.165, 1.54) is 52.1 Å². The van der Waals surface area contributed by atoms with Crippen LogP contribution in [0.4, 0.5) is 0 Å². The SMILES string of the molecule is C=Cc1nc(CCCCCN2CCN(CC)CC2)ccc1O. The molecule has 2 heterocycles. The molecule has 4 heteroatoms. The van der Waals surface area contributed by atoms with Crippen molar-refractivity contribution in [3.8, 4) is 5.75 Å². The lowest BCUT2D eigenvalue weighted by atomic mass is 10.1. The van der Waals surface area contributed by atoms with Crippen LogP contribution in [0.2, 0.25) is 0 Å².